The van der Waals surface area contributed by atoms with E-state index in [0.717, 1.165) is 4.68 Å². The largest absolute Gasteiger partial charge is 0.340 e. The van der Waals surface area contributed by atoms with Gasteiger partial charge in [0.2, 0.25) is 5.91 Å². The molecule has 116 valence electrons. The van der Waals surface area contributed by atoms with Crippen molar-refractivity contribution in [2.24, 2.45) is 0 Å². The van der Waals surface area contributed by atoms with Crippen LogP contribution in [-0.2, 0) is 17.9 Å². The van der Waals surface area contributed by atoms with Crippen LogP contribution in [0.25, 0.3) is 0 Å². The van der Waals surface area contributed by atoms with Crippen LogP contribution in [0.3, 0.4) is 0 Å². The van der Waals surface area contributed by atoms with Crippen LogP contribution < -0.4 is 5.56 Å². The van der Waals surface area contributed by atoms with Gasteiger partial charge in [0.15, 0.2) is 0 Å². The Hall–Kier alpha value is -1.92. The summed E-state index contributed by atoms with van der Waals surface area (Å²) in [6, 6.07) is 6.16. The second kappa shape index (κ2) is 6.89. The minimum Gasteiger partial charge on any atom is -0.340 e. The average molecular weight is 344 g/mol. The van der Waals surface area contributed by atoms with Crippen LogP contribution in [0.2, 0.25) is 10.0 Å². The van der Waals surface area contributed by atoms with Crippen LogP contribution in [0.4, 0.5) is 4.39 Å². The molecule has 0 aliphatic carbocycles. The number of benzene rings is 1. The fraction of sp³-hybridized carbons (Fsp3) is 0.214. The zero-order chi connectivity index (χ0) is 16.3. The number of aromatic nitrogens is 2. The highest BCUT2D eigenvalue weighted by molar-refractivity contribution is 6.41. The average Bonchev–Trinajstić information content (AvgIpc) is 2.50. The van der Waals surface area contributed by atoms with Crippen molar-refractivity contribution >= 4 is 29.1 Å². The number of hydrogen-bond acceptors (Lipinski definition) is 3. The maximum atomic E-state index is 13.6. The maximum Gasteiger partial charge on any atom is 0.287 e. The van der Waals surface area contributed by atoms with Gasteiger partial charge < -0.3 is 4.90 Å². The van der Waals surface area contributed by atoms with Gasteiger partial charge >= 0.3 is 0 Å². The lowest BCUT2D eigenvalue weighted by atomic mass is 10.2. The second-order valence-electron chi connectivity index (χ2n) is 4.61. The van der Waals surface area contributed by atoms with Gasteiger partial charge in [-0.1, -0.05) is 41.4 Å². The SMILES string of the molecule is CN(Cc1ccccc1F)C(=O)Cn1ncc(Cl)c(Cl)c1=O. The number of likely N-dealkylation sites (N-methyl/N-ethyl adjacent to an activating group) is 1. The molecule has 2 aromatic rings. The summed E-state index contributed by atoms with van der Waals surface area (Å²) in [4.78, 5) is 25.2. The van der Waals surface area contributed by atoms with Crippen molar-refractivity contribution in [1.29, 1.82) is 0 Å². The Labute approximate surface area is 135 Å². The predicted molar refractivity (Wildman–Crippen MR) is 81.4 cm³/mol. The van der Waals surface area contributed by atoms with Crippen molar-refractivity contribution in [2.45, 2.75) is 13.1 Å². The van der Waals surface area contributed by atoms with E-state index in [2.05, 4.69) is 5.10 Å². The van der Waals surface area contributed by atoms with E-state index >= 15 is 0 Å². The van der Waals surface area contributed by atoms with Gasteiger partial charge in [-0.05, 0) is 6.07 Å². The lowest BCUT2D eigenvalue weighted by Crippen LogP contribution is -2.35. The summed E-state index contributed by atoms with van der Waals surface area (Å²) in [7, 11) is 1.51. The van der Waals surface area contributed by atoms with E-state index in [1.54, 1.807) is 18.2 Å². The number of halogens is 3. The molecule has 0 spiro atoms. The van der Waals surface area contributed by atoms with Gasteiger partial charge in [-0.25, -0.2) is 9.07 Å². The van der Waals surface area contributed by atoms with Crippen molar-refractivity contribution in [3.8, 4) is 0 Å². The fourth-order valence-corrected chi connectivity index (χ4v) is 2.05. The molecule has 0 saturated carbocycles. The Kier molecular flexibility index (Phi) is 5.15. The molecule has 0 fully saturated rings. The molecular formula is C14H12Cl2FN3O2. The molecule has 1 amide bonds. The number of hydrogen-bond donors (Lipinski definition) is 0. The highest BCUT2D eigenvalue weighted by Crippen LogP contribution is 2.14. The minimum absolute atomic E-state index is 0.0232. The number of amides is 1. The summed E-state index contributed by atoms with van der Waals surface area (Å²) in [6.45, 7) is -0.220. The van der Waals surface area contributed by atoms with Crippen molar-refractivity contribution in [3.05, 3.63) is 62.2 Å². The van der Waals surface area contributed by atoms with E-state index in [-0.39, 0.29) is 23.1 Å². The first kappa shape index (κ1) is 16.5. The highest BCUT2D eigenvalue weighted by Gasteiger charge is 2.15. The Morgan fingerprint density at radius 1 is 1.36 bits per heavy atom. The molecule has 0 N–H and O–H groups in total. The quantitative estimate of drug-likeness (QED) is 0.856. The monoisotopic (exact) mass is 343 g/mol. The Balaban J connectivity index is 2.11. The van der Waals surface area contributed by atoms with Gasteiger partial charge in [0.1, 0.15) is 17.4 Å². The summed E-state index contributed by atoms with van der Waals surface area (Å²) >= 11 is 11.4. The number of nitrogens with zero attached hydrogens (tertiary/aromatic N) is 3. The standard InChI is InChI=1S/C14H12Cl2FN3O2/c1-19(7-9-4-2-3-5-11(9)17)12(21)8-20-14(22)13(16)10(15)6-18-20/h2-6H,7-8H2,1H3. The van der Waals surface area contributed by atoms with Crippen LogP contribution in [0, 0.1) is 5.82 Å². The number of carbonyl (C=O) groups excluding carboxylic acids is 1. The maximum absolute atomic E-state index is 13.6. The Bertz CT molecular complexity index is 764. The molecule has 8 heteroatoms. The Morgan fingerprint density at radius 3 is 2.73 bits per heavy atom. The second-order valence-corrected chi connectivity index (χ2v) is 5.40. The molecule has 22 heavy (non-hydrogen) atoms. The van der Waals surface area contributed by atoms with E-state index in [4.69, 9.17) is 23.2 Å². The molecule has 1 heterocycles. The third-order valence-corrected chi connectivity index (χ3v) is 3.77. The fourth-order valence-electron chi connectivity index (χ4n) is 1.78. The lowest BCUT2D eigenvalue weighted by Gasteiger charge is -2.18. The molecular weight excluding hydrogens is 332 g/mol. The van der Waals surface area contributed by atoms with Crippen molar-refractivity contribution in [1.82, 2.24) is 14.7 Å². The van der Waals surface area contributed by atoms with Crippen molar-refractivity contribution in [2.75, 3.05) is 7.05 Å². The van der Waals surface area contributed by atoms with E-state index in [1.807, 2.05) is 0 Å². The van der Waals surface area contributed by atoms with Crippen LogP contribution in [-0.4, -0.2) is 27.6 Å². The molecule has 0 radical (unpaired) electrons. The molecule has 0 bridgehead atoms. The molecule has 0 unspecified atom stereocenters. The zero-order valence-electron chi connectivity index (χ0n) is 11.6. The first-order chi connectivity index (χ1) is 10.4. The summed E-state index contributed by atoms with van der Waals surface area (Å²) < 4.78 is 14.5. The Morgan fingerprint density at radius 2 is 2.05 bits per heavy atom. The van der Waals surface area contributed by atoms with Gasteiger partial charge in [0, 0.05) is 19.2 Å². The van der Waals surface area contributed by atoms with Gasteiger partial charge in [0.25, 0.3) is 5.56 Å². The van der Waals surface area contributed by atoms with Gasteiger partial charge in [-0.2, -0.15) is 5.10 Å². The minimum atomic E-state index is -0.651. The van der Waals surface area contributed by atoms with Crippen molar-refractivity contribution < 1.29 is 9.18 Å². The van der Waals surface area contributed by atoms with Crippen molar-refractivity contribution in [3.63, 3.8) is 0 Å². The molecule has 1 aromatic heterocycles. The van der Waals surface area contributed by atoms with E-state index in [1.165, 1.54) is 24.2 Å². The summed E-state index contributed by atoms with van der Waals surface area (Å²) in [5, 5.41) is 3.58. The third-order valence-electron chi connectivity index (χ3n) is 3.02. The molecule has 0 atom stereocenters. The van der Waals surface area contributed by atoms with Gasteiger partial charge in [-0.15, -0.1) is 0 Å². The zero-order valence-corrected chi connectivity index (χ0v) is 13.1. The molecule has 0 aliphatic rings. The van der Waals surface area contributed by atoms with Crippen LogP contribution in [0.1, 0.15) is 5.56 Å². The molecule has 0 saturated heterocycles. The molecule has 0 aliphatic heterocycles. The summed E-state index contributed by atoms with van der Waals surface area (Å²) in [5.74, 6) is -0.803. The van der Waals surface area contributed by atoms with Gasteiger partial charge in [-0.3, -0.25) is 9.59 Å². The predicted octanol–water partition coefficient (Wildman–Crippen LogP) is 2.35. The first-order valence-electron chi connectivity index (χ1n) is 6.28. The summed E-state index contributed by atoms with van der Waals surface area (Å²) in [6.07, 6.45) is 1.19. The summed E-state index contributed by atoms with van der Waals surface area (Å²) in [5.41, 5.74) is -0.269. The lowest BCUT2D eigenvalue weighted by molar-refractivity contribution is -0.131. The molecule has 2 rings (SSSR count). The molecule has 5 nitrogen and oxygen atoms in total. The highest BCUT2D eigenvalue weighted by atomic mass is 35.5. The smallest absolute Gasteiger partial charge is 0.287 e. The molecule has 1 aromatic carbocycles. The van der Waals surface area contributed by atoms with E-state index in [0.29, 0.717) is 5.56 Å². The van der Waals surface area contributed by atoms with Crippen LogP contribution in [0.15, 0.2) is 35.3 Å². The normalized spacial score (nSPS) is 10.5. The van der Waals surface area contributed by atoms with Crippen LogP contribution >= 0.6 is 23.2 Å². The van der Waals surface area contributed by atoms with E-state index < -0.39 is 17.3 Å². The first-order valence-corrected chi connectivity index (χ1v) is 7.04. The third kappa shape index (κ3) is 3.64. The van der Waals surface area contributed by atoms with Gasteiger partial charge in [0.05, 0.1) is 11.2 Å². The topological polar surface area (TPSA) is 55.2 Å². The number of rotatable bonds is 4. The van der Waals surface area contributed by atoms with E-state index in [9.17, 15) is 14.0 Å². The number of carbonyl (C=O) groups is 1. The van der Waals surface area contributed by atoms with Crippen LogP contribution in [0.5, 0.6) is 0 Å².